The van der Waals surface area contributed by atoms with Crippen molar-refractivity contribution in [3.63, 3.8) is 0 Å². The van der Waals surface area contributed by atoms with E-state index in [1.54, 1.807) is 13.2 Å². The number of fused-ring (bicyclic) bond motifs is 5. The Balaban J connectivity index is 1.15. The third-order valence-corrected chi connectivity index (χ3v) is 12.2. The van der Waals surface area contributed by atoms with Gasteiger partial charge in [-0.25, -0.2) is 4.79 Å². The van der Waals surface area contributed by atoms with Crippen molar-refractivity contribution >= 4 is 5.97 Å². The van der Waals surface area contributed by atoms with Crippen LogP contribution in [0.2, 0.25) is 0 Å². The van der Waals surface area contributed by atoms with E-state index in [1.165, 1.54) is 0 Å². The van der Waals surface area contributed by atoms with Gasteiger partial charge in [0.05, 0.1) is 23.9 Å². The van der Waals surface area contributed by atoms with Crippen LogP contribution < -0.4 is 0 Å². The average molecular weight is 519 g/mol. The molecule has 6 rings (SSSR count). The number of hydrogen-bond acceptors (Lipinski definition) is 7. The molecule has 7 nitrogen and oxygen atoms in total. The van der Waals surface area contributed by atoms with Gasteiger partial charge in [-0.3, -0.25) is 0 Å². The van der Waals surface area contributed by atoms with E-state index in [1.807, 2.05) is 6.92 Å². The fraction of sp³-hybridized carbons (Fsp3) is 0.900. The molecule has 4 saturated carbocycles. The van der Waals surface area contributed by atoms with E-state index in [0.29, 0.717) is 30.8 Å². The zero-order valence-electron chi connectivity index (χ0n) is 23.0. The minimum atomic E-state index is -0.670. The normalized spacial score (nSPS) is 53.6. The Kier molecular flexibility index (Phi) is 6.59. The first-order chi connectivity index (χ1) is 17.6. The van der Waals surface area contributed by atoms with Gasteiger partial charge in [-0.1, -0.05) is 13.8 Å². The number of hydrogen-bond donors (Lipinski definition) is 2. The van der Waals surface area contributed by atoms with Crippen molar-refractivity contribution < 1.29 is 34.0 Å². The number of rotatable bonds is 4. The van der Waals surface area contributed by atoms with E-state index in [2.05, 4.69) is 13.8 Å². The quantitative estimate of drug-likeness (QED) is 0.427. The van der Waals surface area contributed by atoms with Gasteiger partial charge in [-0.15, -0.1) is 0 Å². The van der Waals surface area contributed by atoms with Gasteiger partial charge in [0.25, 0.3) is 0 Å². The lowest BCUT2D eigenvalue weighted by Crippen LogP contribution is -2.62. The number of cyclic esters (lactones) is 1. The number of carbonyl (C=O) groups is 1. The Morgan fingerprint density at radius 2 is 1.84 bits per heavy atom. The summed E-state index contributed by atoms with van der Waals surface area (Å²) in [5.74, 6) is 1.45. The highest BCUT2D eigenvalue weighted by Gasteiger charge is 2.67. The molecule has 12 atom stereocenters. The Bertz CT molecular complexity index is 935. The molecule has 2 heterocycles. The molecule has 7 heteroatoms. The topological polar surface area (TPSA) is 94.5 Å². The van der Waals surface area contributed by atoms with E-state index in [-0.39, 0.29) is 47.3 Å². The minimum absolute atomic E-state index is 0.166. The van der Waals surface area contributed by atoms with Gasteiger partial charge in [-0.2, -0.15) is 0 Å². The summed E-state index contributed by atoms with van der Waals surface area (Å²) < 4.78 is 23.2. The first kappa shape index (κ1) is 26.2. The number of ether oxygens (including phenoxy) is 4. The molecule has 37 heavy (non-hydrogen) atoms. The number of aliphatic hydroxyl groups excluding tert-OH is 1. The molecule has 5 fully saturated rings. The minimum Gasteiger partial charge on any atom is -0.458 e. The van der Waals surface area contributed by atoms with Crippen LogP contribution in [0.4, 0.5) is 0 Å². The lowest BCUT2D eigenvalue weighted by molar-refractivity contribution is -0.273. The van der Waals surface area contributed by atoms with Crippen molar-refractivity contribution in [3.05, 3.63) is 11.6 Å². The van der Waals surface area contributed by atoms with Crippen LogP contribution in [0.15, 0.2) is 11.6 Å². The van der Waals surface area contributed by atoms with Crippen molar-refractivity contribution in [1.29, 1.82) is 0 Å². The summed E-state index contributed by atoms with van der Waals surface area (Å²) in [7, 11) is 1.64. The maximum atomic E-state index is 12.4. The standard InChI is InChI=1S/C30H46O7/c1-17-27(32)24(34-4)15-26(36-17)37-20-7-10-28(2)19(14-20)5-6-23-22(28)8-11-29(3)21(9-12-30(23,29)33)18-13-25(31)35-16-18/h13,17,19-24,26-27,32-33H,5-12,14-16H2,1-4H3/t17?,19-,20+,21-,22?,23?,24?,26+,27-,28+,29-,30+/m1/s1. The second-order valence-corrected chi connectivity index (χ2v) is 13.6. The van der Waals surface area contributed by atoms with Gasteiger partial charge in [0, 0.05) is 25.0 Å². The highest BCUT2D eigenvalue weighted by atomic mass is 16.7. The molecule has 0 spiro atoms. The summed E-state index contributed by atoms with van der Waals surface area (Å²) in [6, 6.07) is 0. The van der Waals surface area contributed by atoms with Crippen molar-refractivity contribution in [2.24, 2.45) is 34.5 Å². The monoisotopic (exact) mass is 518 g/mol. The first-order valence-electron chi connectivity index (χ1n) is 14.7. The maximum absolute atomic E-state index is 12.4. The van der Waals surface area contributed by atoms with Crippen LogP contribution in [-0.4, -0.2) is 66.2 Å². The van der Waals surface area contributed by atoms with Crippen molar-refractivity contribution in [1.82, 2.24) is 0 Å². The Morgan fingerprint density at radius 1 is 1.03 bits per heavy atom. The Morgan fingerprint density at radius 3 is 2.57 bits per heavy atom. The van der Waals surface area contributed by atoms with Crippen LogP contribution in [0, 0.1) is 34.5 Å². The highest BCUT2D eigenvalue weighted by Crippen LogP contribution is 2.70. The molecule has 0 radical (unpaired) electrons. The van der Waals surface area contributed by atoms with Crippen molar-refractivity contribution in [3.8, 4) is 0 Å². The third kappa shape index (κ3) is 3.97. The van der Waals surface area contributed by atoms with E-state index < -0.39 is 11.7 Å². The fourth-order valence-corrected chi connectivity index (χ4v) is 10.0. The molecule has 0 aromatic carbocycles. The second kappa shape index (κ2) is 9.29. The molecule has 4 aliphatic carbocycles. The molecule has 208 valence electrons. The maximum Gasteiger partial charge on any atom is 0.331 e. The molecular formula is C30H46O7. The highest BCUT2D eigenvalue weighted by molar-refractivity contribution is 5.85. The van der Waals surface area contributed by atoms with Gasteiger partial charge in [0.1, 0.15) is 12.7 Å². The van der Waals surface area contributed by atoms with Crippen LogP contribution in [-0.2, 0) is 23.7 Å². The predicted octanol–water partition coefficient (Wildman–Crippen LogP) is 4.14. The van der Waals surface area contributed by atoms with Crippen molar-refractivity contribution in [2.75, 3.05) is 13.7 Å². The van der Waals surface area contributed by atoms with Crippen LogP contribution in [0.5, 0.6) is 0 Å². The fourth-order valence-electron chi connectivity index (χ4n) is 10.0. The molecule has 0 bridgehead atoms. The summed E-state index contributed by atoms with van der Waals surface area (Å²) in [6.45, 7) is 7.07. The van der Waals surface area contributed by atoms with Gasteiger partial charge < -0.3 is 29.2 Å². The Hall–Kier alpha value is -0.990. The molecule has 1 saturated heterocycles. The SMILES string of the molecule is COC1C[C@H](O[C@H]2CC[C@]3(C)C4CC[C@]5(C)[C@@H](C6=CC(=O)OC6)CC[C@]5(O)C4CC[C@@H]3C2)OC(C)[C@H]1O. The summed E-state index contributed by atoms with van der Waals surface area (Å²) in [5.41, 5.74) is 0.461. The van der Waals surface area contributed by atoms with Gasteiger partial charge >= 0.3 is 5.97 Å². The van der Waals surface area contributed by atoms with E-state index >= 15 is 0 Å². The van der Waals surface area contributed by atoms with E-state index in [4.69, 9.17) is 18.9 Å². The zero-order chi connectivity index (χ0) is 26.2. The van der Waals surface area contributed by atoms with Crippen molar-refractivity contribution in [2.45, 2.75) is 121 Å². The van der Waals surface area contributed by atoms with Crippen LogP contribution in [0.25, 0.3) is 0 Å². The molecule has 0 aromatic heterocycles. The number of aliphatic hydroxyl groups is 2. The number of esters is 1. The third-order valence-electron chi connectivity index (χ3n) is 12.2. The summed E-state index contributed by atoms with van der Waals surface area (Å²) in [5, 5.41) is 22.7. The molecule has 2 aliphatic heterocycles. The second-order valence-electron chi connectivity index (χ2n) is 13.6. The van der Waals surface area contributed by atoms with Gasteiger partial charge in [0.2, 0.25) is 0 Å². The van der Waals surface area contributed by atoms with Gasteiger partial charge in [0.15, 0.2) is 6.29 Å². The molecule has 0 aromatic rings. The molecule has 0 amide bonds. The molecular weight excluding hydrogens is 472 g/mol. The summed E-state index contributed by atoms with van der Waals surface area (Å²) in [6.07, 6.45) is 10.2. The zero-order valence-corrected chi connectivity index (χ0v) is 23.0. The number of carbonyl (C=O) groups excluding carboxylic acids is 1. The first-order valence-corrected chi connectivity index (χ1v) is 14.7. The van der Waals surface area contributed by atoms with Gasteiger partial charge in [-0.05, 0) is 99.4 Å². The van der Waals surface area contributed by atoms with Crippen LogP contribution >= 0.6 is 0 Å². The predicted molar refractivity (Wildman–Crippen MR) is 136 cm³/mol. The molecule has 4 unspecified atom stereocenters. The number of methoxy groups -OCH3 is 1. The summed E-state index contributed by atoms with van der Waals surface area (Å²) >= 11 is 0. The Labute approximate surface area is 221 Å². The lowest BCUT2D eigenvalue weighted by Gasteiger charge is -2.64. The smallest absolute Gasteiger partial charge is 0.331 e. The lowest BCUT2D eigenvalue weighted by atomic mass is 9.43. The average Bonchev–Trinajstić information content (AvgIpc) is 3.41. The van der Waals surface area contributed by atoms with Crippen LogP contribution in [0.1, 0.15) is 85.0 Å². The van der Waals surface area contributed by atoms with E-state index in [0.717, 1.165) is 63.4 Å². The molecule has 6 aliphatic rings. The molecule has 2 N–H and O–H groups in total. The van der Waals surface area contributed by atoms with Crippen LogP contribution in [0.3, 0.4) is 0 Å². The summed E-state index contributed by atoms with van der Waals surface area (Å²) in [4.78, 5) is 11.8. The van der Waals surface area contributed by atoms with E-state index in [9.17, 15) is 15.0 Å². The largest absolute Gasteiger partial charge is 0.458 e.